The SMILES string of the molecule is CCCCOc1ccc2nc(NC(=O)COc3cc(C)cc(C)c3C)sc2c1. The number of ether oxygens (including phenoxy) is 2. The van der Waals surface area contributed by atoms with E-state index in [0.29, 0.717) is 11.7 Å². The Morgan fingerprint density at radius 3 is 2.75 bits per heavy atom. The van der Waals surface area contributed by atoms with E-state index in [2.05, 4.69) is 23.3 Å². The molecule has 148 valence electrons. The first-order valence-electron chi connectivity index (χ1n) is 9.50. The van der Waals surface area contributed by atoms with Crippen molar-refractivity contribution >= 4 is 32.6 Å². The lowest BCUT2D eigenvalue weighted by atomic mass is 10.1. The van der Waals surface area contributed by atoms with Crippen molar-refractivity contribution in [1.29, 1.82) is 0 Å². The van der Waals surface area contributed by atoms with Crippen LogP contribution in [0.25, 0.3) is 10.2 Å². The van der Waals surface area contributed by atoms with Gasteiger partial charge in [0.2, 0.25) is 0 Å². The zero-order chi connectivity index (χ0) is 20.1. The third kappa shape index (κ3) is 5.01. The average molecular weight is 399 g/mol. The Hall–Kier alpha value is -2.60. The predicted molar refractivity (Wildman–Crippen MR) is 115 cm³/mol. The monoisotopic (exact) mass is 398 g/mol. The lowest BCUT2D eigenvalue weighted by Gasteiger charge is -2.11. The van der Waals surface area contributed by atoms with Gasteiger partial charge in [-0.15, -0.1) is 0 Å². The maximum atomic E-state index is 12.3. The van der Waals surface area contributed by atoms with E-state index in [1.807, 2.05) is 45.0 Å². The molecule has 28 heavy (non-hydrogen) atoms. The quantitative estimate of drug-likeness (QED) is 0.515. The Morgan fingerprint density at radius 1 is 1.14 bits per heavy atom. The van der Waals surface area contributed by atoms with Gasteiger partial charge in [-0.3, -0.25) is 10.1 Å². The minimum Gasteiger partial charge on any atom is -0.494 e. The van der Waals surface area contributed by atoms with Crippen LogP contribution in [0.2, 0.25) is 0 Å². The zero-order valence-corrected chi connectivity index (χ0v) is 17.6. The number of benzene rings is 2. The molecule has 1 aromatic heterocycles. The van der Waals surface area contributed by atoms with Crippen LogP contribution in [0.4, 0.5) is 5.13 Å². The lowest BCUT2D eigenvalue weighted by Crippen LogP contribution is -2.20. The van der Waals surface area contributed by atoms with E-state index >= 15 is 0 Å². The van der Waals surface area contributed by atoms with Crippen LogP contribution in [-0.4, -0.2) is 24.1 Å². The summed E-state index contributed by atoms with van der Waals surface area (Å²) in [5, 5.41) is 3.39. The number of nitrogens with one attached hydrogen (secondary N) is 1. The Morgan fingerprint density at radius 2 is 1.96 bits per heavy atom. The summed E-state index contributed by atoms with van der Waals surface area (Å²) in [7, 11) is 0. The van der Waals surface area contributed by atoms with Gasteiger partial charge < -0.3 is 9.47 Å². The topological polar surface area (TPSA) is 60.5 Å². The molecule has 0 aliphatic heterocycles. The molecule has 0 unspecified atom stereocenters. The average Bonchev–Trinajstić information content (AvgIpc) is 3.05. The summed E-state index contributed by atoms with van der Waals surface area (Å²) in [4.78, 5) is 16.8. The van der Waals surface area contributed by atoms with Gasteiger partial charge in [-0.1, -0.05) is 30.7 Å². The van der Waals surface area contributed by atoms with Crippen molar-refractivity contribution in [3.05, 3.63) is 47.0 Å². The van der Waals surface area contributed by atoms with Gasteiger partial charge in [0, 0.05) is 0 Å². The number of carbonyl (C=O) groups excluding carboxylic acids is 1. The third-order valence-corrected chi connectivity index (χ3v) is 5.43. The largest absolute Gasteiger partial charge is 0.494 e. The van der Waals surface area contributed by atoms with E-state index in [1.54, 1.807) is 0 Å². The molecule has 0 saturated carbocycles. The number of aryl methyl sites for hydroxylation is 2. The summed E-state index contributed by atoms with van der Waals surface area (Å²) in [5.41, 5.74) is 4.16. The molecule has 0 radical (unpaired) electrons. The number of thiazole rings is 1. The van der Waals surface area contributed by atoms with Gasteiger partial charge in [0.15, 0.2) is 11.7 Å². The standard InChI is InChI=1S/C22H26N2O3S/c1-5-6-9-26-17-7-8-18-20(12-17)28-22(23-18)24-21(25)13-27-19-11-14(2)10-15(3)16(19)4/h7-8,10-12H,5-6,9,13H2,1-4H3,(H,23,24,25). The van der Waals surface area contributed by atoms with Crippen molar-refractivity contribution in [2.45, 2.75) is 40.5 Å². The summed E-state index contributed by atoms with van der Waals surface area (Å²) in [6.07, 6.45) is 2.13. The number of amides is 1. The normalized spacial score (nSPS) is 10.9. The third-order valence-electron chi connectivity index (χ3n) is 4.50. The number of anilines is 1. The van der Waals surface area contributed by atoms with E-state index < -0.39 is 0 Å². The van der Waals surface area contributed by atoms with E-state index in [1.165, 1.54) is 11.3 Å². The van der Waals surface area contributed by atoms with Crippen LogP contribution >= 0.6 is 11.3 Å². The fourth-order valence-electron chi connectivity index (χ4n) is 2.83. The summed E-state index contributed by atoms with van der Waals surface area (Å²) in [5.74, 6) is 1.35. The molecule has 0 aliphatic rings. The highest BCUT2D eigenvalue weighted by Crippen LogP contribution is 2.29. The zero-order valence-electron chi connectivity index (χ0n) is 16.8. The molecule has 3 rings (SSSR count). The van der Waals surface area contributed by atoms with Crippen molar-refractivity contribution < 1.29 is 14.3 Å². The highest BCUT2D eigenvalue weighted by Gasteiger charge is 2.11. The van der Waals surface area contributed by atoms with Crippen molar-refractivity contribution in [3.8, 4) is 11.5 Å². The first kappa shape index (κ1) is 20.1. The summed E-state index contributed by atoms with van der Waals surface area (Å²) >= 11 is 1.43. The number of fused-ring (bicyclic) bond motifs is 1. The second-order valence-corrected chi connectivity index (χ2v) is 7.92. The number of rotatable bonds is 8. The molecule has 2 aromatic carbocycles. The second-order valence-electron chi connectivity index (χ2n) is 6.89. The van der Waals surface area contributed by atoms with Crippen molar-refractivity contribution in [2.75, 3.05) is 18.5 Å². The molecular formula is C22H26N2O3S. The molecule has 6 heteroatoms. The summed E-state index contributed by atoms with van der Waals surface area (Å²) < 4.78 is 12.4. The van der Waals surface area contributed by atoms with Gasteiger partial charge in [0.1, 0.15) is 11.5 Å². The van der Waals surface area contributed by atoms with Crippen molar-refractivity contribution in [2.24, 2.45) is 0 Å². The molecule has 0 spiro atoms. The number of unbranched alkanes of at least 4 members (excludes halogenated alkanes) is 1. The van der Waals surface area contributed by atoms with Crippen LogP contribution < -0.4 is 14.8 Å². The van der Waals surface area contributed by atoms with Gasteiger partial charge in [0.25, 0.3) is 5.91 Å². The minimum absolute atomic E-state index is 0.0506. The van der Waals surface area contributed by atoms with Gasteiger partial charge in [0.05, 0.1) is 16.8 Å². The maximum absolute atomic E-state index is 12.3. The van der Waals surface area contributed by atoms with Gasteiger partial charge in [-0.05, 0) is 68.1 Å². The van der Waals surface area contributed by atoms with E-state index in [0.717, 1.165) is 51.2 Å². The summed E-state index contributed by atoms with van der Waals surface area (Å²) in [6.45, 7) is 8.84. The predicted octanol–water partition coefficient (Wildman–Crippen LogP) is 5.42. The molecule has 3 aromatic rings. The van der Waals surface area contributed by atoms with Gasteiger partial charge >= 0.3 is 0 Å². The van der Waals surface area contributed by atoms with E-state index in [9.17, 15) is 4.79 Å². The van der Waals surface area contributed by atoms with Crippen molar-refractivity contribution in [1.82, 2.24) is 4.98 Å². The second kappa shape index (κ2) is 9.06. The molecular weight excluding hydrogens is 372 g/mol. The van der Waals surface area contributed by atoms with E-state index in [4.69, 9.17) is 9.47 Å². The minimum atomic E-state index is -0.225. The highest BCUT2D eigenvalue weighted by molar-refractivity contribution is 7.22. The highest BCUT2D eigenvalue weighted by atomic mass is 32.1. The molecule has 0 bridgehead atoms. The molecule has 1 N–H and O–H groups in total. The molecule has 0 saturated heterocycles. The van der Waals surface area contributed by atoms with Crippen LogP contribution in [0.1, 0.15) is 36.5 Å². The first-order chi connectivity index (χ1) is 13.5. The number of aromatic nitrogens is 1. The fraction of sp³-hybridized carbons (Fsp3) is 0.364. The number of hydrogen-bond acceptors (Lipinski definition) is 5. The molecule has 0 aliphatic carbocycles. The van der Waals surface area contributed by atoms with E-state index in [-0.39, 0.29) is 12.5 Å². The molecule has 1 heterocycles. The van der Waals surface area contributed by atoms with Gasteiger partial charge in [-0.2, -0.15) is 0 Å². The van der Waals surface area contributed by atoms with Crippen LogP contribution in [0, 0.1) is 20.8 Å². The van der Waals surface area contributed by atoms with Crippen LogP contribution in [-0.2, 0) is 4.79 Å². The van der Waals surface area contributed by atoms with Gasteiger partial charge in [-0.25, -0.2) is 4.98 Å². The van der Waals surface area contributed by atoms with Crippen LogP contribution in [0.3, 0.4) is 0 Å². The first-order valence-corrected chi connectivity index (χ1v) is 10.3. The molecule has 0 fully saturated rings. The Bertz CT molecular complexity index is 981. The summed E-state index contributed by atoms with van der Waals surface area (Å²) in [6, 6.07) is 9.85. The Labute approximate surface area is 169 Å². The number of nitrogens with zero attached hydrogens (tertiary/aromatic N) is 1. The molecule has 1 amide bonds. The fourth-order valence-corrected chi connectivity index (χ4v) is 3.74. The molecule has 5 nitrogen and oxygen atoms in total. The molecule has 0 atom stereocenters. The maximum Gasteiger partial charge on any atom is 0.264 e. The van der Waals surface area contributed by atoms with Crippen LogP contribution in [0.5, 0.6) is 11.5 Å². The number of carbonyl (C=O) groups is 1. The Kier molecular flexibility index (Phi) is 6.52. The van der Waals surface area contributed by atoms with Crippen LogP contribution in [0.15, 0.2) is 30.3 Å². The van der Waals surface area contributed by atoms with Crippen molar-refractivity contribution in [3.63, 3.8) is 0 Å². The Balaban J connectivity index is 1.61. The number of hydrogen-bond donors (Lipinski definition) is 1. The lowest BCUT2D eigenvalue weighted by molar-refractivity contribution is -0.118. The smallest absolute Gasteiger partial charge is 0.264 e.